The van der Waals surface area contributed by atoms with Gasteiger partial charge in [-0.3, -0.25) is 0 Å². The van der Waals surface area contributed by atoms with E-state index in [4.69, 9.17) is 13.9 Å². The average molecular weight is 218 g/mol. The number of methoxy groups -OCH3 is 1. The van der Waals surface area contributed by atoms with Gasteiger partial charge in [-0.25, -0.2) is 4.79 Å². The molecule has 82 valence electrons. The van der Waals surface area contributed by atoms with Crippen LogP contribution in [0.5, 0.6) is 11.5 Å². The molecule has 0 saturated carbocycles. The molecule has 4 nitrogen and oxygen atoms in total. The number of furan rings is 1. The van der Waals surface area contributed by atoms with Gasteiger partial charge in [0.1, 0.15) is 5.58 Å². The highest BCUT2D eigenvalue weighted by Gasteiger charge is 2.10. The lowest BCUT2D eigenvalue weighted by atomic mass is 10.2. The van der Waals surface area contributed by atoms with Crippen LogP contribution in [0.25, 0.3) is 11.0 Å². The predicted octanol–water partition coefficient (Wildman–Crippen LogP) is 2.53. The molecule has 0 aliphatic carbocycles. The molecule has 0 unspecified atom stereocenters. The van der Waals surface area contributed by atoms with Crippen LogP contribution in [0.4, 0.5) is 0 Å². The van der Waals surface area contributed by atoms with Gasteiger partial charge in [-0.05, 0) is 12.1 Å². The molecule has 0 atom stereocenters. The minimum atomic E-state index is -0.527. The second kappa shape index (κ2) is 4.10. The average Bonchev–Trinajstić information content (AvgIpc) is 2.74. The summed E-state index contributed by atoms with van der Waals surface area (Å²) >= 11 is 0. The molecule has 2 aromatic rings. The lowest BCUT2D eigenvalue weighted by Gasteiger charge is -2.07. The molecule has 1 heterocycles. The zero-order valence-electron chi connectivity index (χ0n) is 8.73. The van der Waals surface area contributed by atoms with Gasteiger partial charge < -0.3 is 13.9 Å². The first-order valence-corrected chi connectivity index (χ1v) is 4.64. The maximum Gasteiger partial charge on any atom is 0.335 e. The topological polar surface area (TPSA) is 48.7 Å². The molecule has 0 saturated heterocycles. The molecule has 0 aliphatic heterocycles. The van der Waals surface area contributed by atoms with Crippen LogP contribution in [0.2, 0.25) is 0 Å². The van der Waals surface area contributed by atoms with Gasteiger partial charge in [0.2, 0.25) is 0 Å². The molecule has 4 heteroatoms. The van der Waals surface area contributed by atoms with Gasteiger partial charge in [-0.1, -0.05) is 6.58 Å². The summed E-state index contributed by atoms with van der Waals surface area (Å²) in [5, 5.41) is 0.840. The molecule has 1 aromatic heterocycles. The van der Waals surface area contributed by atoms with Crippen molar-refractivity contribution in [2.45, 2.75) is 0 Å². The summed E-state index contributed by atoms with van der Waals surface area (Å²) in [7, 11) is 1.50. The third kappa shape index (κ3) is 1.77. The van der Waals surface area contributed by atoms with Crippen molar-refractivity contribution < 1.29 is 18.7 Å². The Morgan fingerprint density at radius 3 is 2.94 bits per heavy atom. The summed E-state index contributed by atoms with van der Waals surface area (Å²) in [5.41, 5.74) is 0.676. The fourth-order valence-corrected chi connectivity index (χ4v) is 1.36. The van der Waals surface area contributed by atoms with Crippen molar-refractivity contribution in [3.8, 4) is 11.5 Å². The molecule has 0 fully saturated rings. The number of carbonyl (C=O) groups is 1. The minimum absolute atomic E-state index is 0.348. The number of carbonyl (C=O) groups excluding carboxylic acids is 1. The van der Waals surface area contributed by atoms with E-state index in [9.17, 15) is 4.79 Å². The van der Waals surface area contributed by atoms with Crippen LogP contribution in [0.3, 0.4) is 0 Å². The van der Waals surface area contributed by atoms with Crippen LogP contribution in [-0.2, 0) is 4.79 Å². The maximum absolute atomic E-state index is 11.1. The summed E-state index contributed by atoms with van der Waals surface area (Å²) in [6.07, 6.45) is 2.65. The summed E-state index contributed by atoms with van der Waals surface area (Å²) < 4.78 is 15.3. The van der Waals surface area contributed by atoms with Gasteiger partial charge in [-0.2, -0.15) is 0 Å². The van der Waals surface area contributed by atoms with Crippen molar-refractivity contribution in [2.75, 3.05) is 7.11 Å². The molecule has 0 radical (unpaired) electrons. The number of ether oxygens (including phenoxy) is 2. The second-order valence-corrected chi connectivity index (χ2v) is 3.09. The van der Waals surface area contributed by atoms with Crippen molar-refractivity contribution in [2.24, 2.45) is 0 Å². The SMILES string of the molecule is C=CC(=O)Oc1cc2ccoc2cc1OC. The Bertz CT molecular complexity index is 539. The lowest BCUT2D eigenvalue weighted by Crippen LogP contribution is -2.04. The largest absolute Gasteiger partial charge is 0.493 e. The van der Waals surface area contributed by atoms with E-state index in [0.29, 0.717) is 17.1 Å². The van der Waals surface area contributed by atoms with Crippen molar-refractivity contribution in [3.63, 3.8) is 0 Å². The van der Waals surface area contributed by atoms with Crippen molar-refractivity contribution >= 4 is 16.9 Å². The number of benzene rings is 1. The van der Waals surface area contributed by atoms with Crippen LogP contribution in [0, 0.1) is 0 Å². The highest BCUT2D eigenvalue weighted by Crippen LogP contribution is 2.32. The van der Waals surface area contributed by atoms with E-state index in [-0.39, 0.29) is 0 Å². The Morgan fingerprint density at radius 1 is 1.44 bits per heavy atom. The quantitative estimate of drug-likeness (QED) is 0.451. The van der Waals surface area contributed by atoms with Crippen LogP contribution in [-0.4, -0.2) is 13.1 Å². The monoisotopic (exact) mass is 218 g/mol. The number of rotatable bonds is 3. The Kier molecular flexibility index (Phi) is 2.64. The van der Waals surface area contributed by atoms with Gasteiger partial charge in [0.25, 0.3) is 0 Å². The number of esters is 1. The van der Waals surface area contributed by atoms with Gasteiger partial charge in [-0.15, -0.1) is 0 Å². The predicted molar refractivity (Wildman–Crippen MR) is 58.6 cm³/mol. The van der Waals surface area contributed by atoms with Gasteiger partial charge >= 0.3 is 5.97 Å². The van der Waals surface area contributed by atoms with E-state index in [1.54, 1.807) is 24.5 Å². The highest BCUT2D eigenvalue weighted by molar-refractivity contribution is 5.86. The van der Waals surface area contributed by atoms with E-state index in [2.05, 4.69) is 6.58 Å². The van der Waals surface area contributed by atoms with Crippen molar-refractivity contribution in [1.82, 2.24) is 0 Å². The molecular formula is C12H10O4. The van der Waals surface area contributed by atoms with Crippen LogP contribution < -0.4 is 9.47 Å². The molecule has 16 heavy (non-hydrogen) atoms. The van der Waals surface area contributed by atoms with E-state index in [0.717, 1.165) is 11.5 Å². The summed E-state index contributed by atoms with van der Waals surface area (Å²) in [6, 6.07) is 5.13. The van der Waals surface area contributed by atoms with Crippen LogP contribution in [0.1, 0.15) is 0 Å². The molecule has 2 rings (SSSR count). The summed E-state index contributed by atoms with van der Waals surface area (Å²) in [5.74, 6) is 0.264. The molecule has 0 aliphatic rings. The van der Waals surface area contributed by atoms with Crippen molar-refractivity contribution in [3.05, 3.63) is 37.1 Å². The lowest BCUT2D eigenvalue weighted by molar-refractivity contribution is -0.129. The maximum atomic E-state index is 11.1. The first kappa shape index (κ1) is 10.3. The van der Waals surface area contributed by atoms with E-state index in [1.165, 1.54) is 7.11 Å². The molecule has 0 amide bonds. The number of fused-ring (bicyclic) bond motifs is 1. The van der Waals surface area contributed by atoms with Crippen LogP contribution in [0.15, 0.2) is 41.5 Å². The molecular weight excluding hydrogens is 208 g/mol. The van der Waals surface area contributed by atoms with Gasteiger partial charge in [0, 0.05) is 17.5 Å². The molecule has 1 aromatic carbocycles. The highest BCUT2D eigenvalue weighted by atomic mass is 16.6. The molecule has 0 N–H and O–H groups in total. The van der Waals surface area contributed by atoms with E-state index in [1.807, 2.05) is 0 Å². The number of hydrogen-bond acceptors (Lipinski definition) is 4. The normalized spacial score (nSPS) is 10.1. The fourth-order valence-electron chi connectivity index (χ4n) is 1.36. The summed E-state index contributed by atoms with van der Waals surface area (Å²) in [4.78, 5) is 11.1. The minimum Gasteiger partial charge on any atom is -0.493 e. The summed E-state index contributed by atoms with van der Waals surface area (Å²) in [6.45, 7) is 3.33. The van der Waals surface area contributed by atoms with E-state index < -0.39 is 5.97 Å². The smallest absolute Gasteiger partial charge is 0.335 e. The number of hydrogen-bond donors (Lipinski definition) is 0. The Morgan fingerprint density at radius 2 is 2.25 bits per heavy atom. The van der Waals surface area contributed by atoms with Gasteiger partial charge in [0.15, 0.2) is 11.5 Å². The Labute approximate surface area is 92.1 Å². The standard InChI is InChI=1S/C12H10O4/c1-3-12(13)16-11-6-8-4-5-15-9(8)7-10(11)14-2/h3-7H,1H2,2H3. The van der Waals surface area contributed by atoms with Crippen LogP contribution >= 0.6 is 0 Å². The molecule has 0 spiro atoms. The van der Waals surface area contributed by atoms with Crippen molar-refractivity contribution in [1.29, 1.82) is 0 Å². The first-order valence-electron chi connectivity index (χ1n) is 4.64. The Hall–Kier alpha value is -2.23. The zero-order chi connectivity index (χ0) is 11.5. The zero-order valence-corrected chi connectivity index (χ0v) is 8.73. The van der Waals surface area contributed by atoms with Gasteiger partial charge in [0.05, 0.1) is 13.4 Å². The van der Waals surface area contributed by atoms with E-state index >= 15 is 0 Å². The third-order valence-electron chi connectivity index (χ3n) is 2.12. The second-order valence-electron chi connectivity index (χ2n) is 3.09. The molecule has 0 bridgehead atoms. The Balaban J connectivity index is 2.48. The third-order valence-corrected chi connectivity index (χ3v) is 2.12. The fraction of sp³-hybridized carbons (Fsp3) is 0.0833. The first-order chi connectivity index (χ1) is 7.74.